The summed E-state index contributed by atoms with van der Waals surface area (Å²) in [5, 5.41) is 15.4. The van der Waals surface area contributed by atoms with Crippen molar-refractivity contribution < 1.29 is 19.0 Å². The average Bonchev–Trinajstić information content (AvgIpc) is 2.87. The molecule has 6 heteroatoms. The van der Waals surface area contributed by atoms with Crippen molar-refractivity contribution in [2.75, 3.05) is 40.4 Å². The number of carbonyl (C=O) groups is 1. The number of aryl methyl sites for hydroxylation is 1. The molecular weight excluding hydrogens is 455 g/mol. The van der Waals surface area contributed by atoms with Gasteiger partial charge in [0.05, 0.1) is 5.60 Å². The van der Waals surface area contributed by atoms with Crippen LogP contribution in [0.1, 0.15) is 88.2 Å². The number of aliphatic hydroxyl groups is 1. The maximum atomic E-state index is 14.4. The number of ether oxygens (including phenoxy) is 1. The molecule has 1 heterocycles. The molecule has 2 aliphatic rings. The first-order valence-corrected chi connectivity index (χ1v) is 14.3. The van der Waals surface area contributed by atoms with Crippen LogP contribution in [0.2, 0.25) is 0 Å². The zero-order chi connectivity index (χ0) is 26.0. The molecule has 3 atom stereocenters. The fourth-order valence-corrected chi connectivity index (χ4v) is 6.60. The van der Waals surface area contributed by atoms with E-state index in [-0.39, 0.29) is 17.6 Å². The number of benzene rings is 1. The van der Waals surface area contributed by atoms with Crippen molar-refractivity contribution in [1.82, 2.24) is 10.2 Å². The van der Waals surface area contributed by atoms with Gasteiger partial charge in [0.15, 0.2) is 0 Å². The Morgan fingerprint density at radius 2 is 1.97 bits per heavy atom. The molecule has 0 aromatic heterocycles. The Morgan fingerprint density at radius 1 is 1.19 bits per heavy atom. The molecule has 1 saturated carbocycles. The highest BCUT2D eigenvalue weighted by Crippen LogP contribution is 2.40. The van der Waals surface area contributed by atoms with E-state index >= 15 is 0 Å². The van der Waals surface area contributed by atoms with Crippen molar-refractivity contribution in [3.05, 3.63) is 35.1 Å². The zero-order valence-corrected chi connectivity index (χ0v) is 22.9. The number of unbranched alkanes of at least 4 members (excludes halogenated alkanes) is 1. The van der Waals surface area contributed by atoms with Crippen LogP contribution in [0.25, 0.3) is 0 Å². The average molecular weight is 505 g/mol. The number of piperidine rings is 1. The Labute approximate surface area is 218 Å². The van der Waals surface area contributed by atoms with Crippen molar-refractivity contribution in [2.24, 2.45) is 17.8 Å². The molecule has 1 aliphatic carbocycles. The second kappa shape index (κ2) is 14.4. The van der Waals surface area contributed by atoms with Crippen LogP contribution in [-0.4, -0.2) is 56.3 Å². The van der Waals surface area contributed by atoms with Gasteiger partial charge in [-0.15, -0.1) is 0 Å². The van der Waals surface area contributed by atoms with Crippen molar-refractivity contribution >= 4 is 5.91 Å². The van der Waals surface area contributed by atoms with E-state index in [1.54, 1.807) is 7.11 Å². The second-order valence-electron chi connectivity index (χ2n) is 11.4. The molecule has 3 rings (SSSR count). The van der Waals surface area contributed by atoms with Gasteiger partial charge < -0.3 is 20.1 Å². The molecule has 1 aromatic carbocycles. The lowest BCUT2D eigenvalue weighted by molar-refractivity contribution is -0.138. The lowest BCUT2D eigenvalue weighted by Gasteiger charge is -2.43. The number of likely N-dealkylation sites (tertiary alicyclic amines) is 1. The van der Waals surface area contributed by atoms with Gasteiger partial charge >= 0.3 is 0 Å². The zero-order valence-electron chi connectivity index (χ0n) is 22.9. The number of halogens is 1. The molecule has 1 aliphatic heterocycles. The number of nitrogens with one attached hydrogen (secondary N) is 1. The quantitative estimate of drug-likeness (QED) is 0.345. The summed E-state index contributed by atoms with van der Waals surface area (Å²) in [6, 6.07) is 4.89. The molecule has 0 bridgehead atoms. The van der Waals surface area contributed by atoms with Crippen molar-refractivity contribution in [1.29, 1.82) is 0 Å². The van der Waals surface area contributed by atoms with E-state index in [0.29, 0.717) is 37.5 Å². The van der Waals surface area contributed by atoms with E-state index in [1.165, 1.54) is 44.2 Å². The van der Waals surface area contributed by atoms with Gasteiger partial charge in [-0.3, -0.25) is 4.79 Å². The second-order valence-corrected chi connectivity index (χ2v) is 11.4. The van der Waals surface area contributed by atoms with Crippen molar-refractivity contribution in [3.63, 3.8) is 0 Å². The van der Waals surface area contributed by atoms with Crippen LogP contribution in [-0.2, 0) is 15.1 Å². The predicted octanol–water partition coefficient (Wildman–Crippen LogP) is 5.57. The first kappa shape index (κ1) is 29.1. The largest absolute Gasteiger partial charge is 0.385 e. The molecule has 36 heavy (non-hydrogen) atoms. The van der Waals surface area contributed by atoms with Gasteiger partial charge in [-0.2, -0.15) is 0 Å². The van der Waals surface area contributed by atoms with Gasteiger partial charge in [0.25, 0.3) is 0 Å². The summed E-state index contributed by atoms with van der Waals surface area (Å²) in [5.41, 5.74) is 0.287. The van der Waals surface area contributed by atoms with Crippen LogP contribution < -0.4 is 5.32 Å². The van der Waals surface area contributed by atoms with Crippen LogP contribution in [0.4, 0.5) is 4.39 Å². The Balaban J connectivity index is 1.71. The summed E-state index contributed by atoms with van der Waals surface area (Å²) < 4.78 is 19.6. The molecule has 5 nitrogen and oxygen atoms in total. The molecule has 204 valence electrons. The summed E-state index contributed by atoms with van der Waals surface area (Å²) in [4.78, 5) is 15.5. The Morgan fingerprint density at radius 3 is 2.67 bits per heavy atom. The number of nitrogens with zero attached hydrogens (tertiary/aromatic N) is 1. The van der Waals surface area contributed by atoms with Crippen LogP contribution in [0, 0.1) is 30.5 Å². The van der Waals surface area contributed by atoms with Gasteiger partial charge in [-0.25, -0.2) is 4.39 Å². The first-order chi connectivity index (χ1) is 17.4. The van der Waals surface area contributed by atoms with Gasteiger partial charge in [-0.05, 0) is 94.1 Å². The third-order valence-electron chi connectivity index (χ3n) is 8.50. The molecule has 0 unspecified atom stereocenters. The number of rotatable bonds is 13. The summed E-state index contributed by atoms with van der Waals surface area (Å²) in [5.74, 6) is 0.867. The van der Waals surface area contributed by atoms with Crippen LogP contribution in [0.5, 0.6) is 0 Å². The summed E-state index contributed by atoms with van der Waals surface area (Å²) >= 11 is 0. The van der Waals surface area contributed by atoms with Gasteiger partial charge in [0.1, 0.15) is 5.82 Å². The van der Waals surface area contributed by atoms with Crippen molar-refractivity contribution in [2.45, 2.75) is 89.6 Å². The normalized spacial score (nSPS) is 21.8. The highest BCUT2D eigenvalue weighted by atomic mass is 19.1. The molecule has 2 fully saturated rings. The smallest absolute Gasteiger partial charge is 0.222 e. The van der Waals surface area contributed by atoms with E-state index in [4.69, 9.17) is 4.74 Å². The van der Waals surface area contributed by atoms with Crippen LogP contribution in [0.3, 0.4) is 0 Å². The molecule has 2 N–H and O–H groups in total. The minimum absolute atomic E-state index is 0.111. The van der Waals surface area contributed by atoms with Gasteiger partial charge in [0, 0.05) is 39.1 Å². The van der Waals surface area contributed by atoms with Crippen LogP contribution in [0.15, 0.2) is 18.2 Å². The highest BCUT2D eigenvalue weighted by Gasteiger charge is 2.41. The summed E-state index contributed by atoms with van der Waals surface area (Å²) in [7, 11) is 3.66. The van der Waals surface area contributed by atoms with E-state index in [0.717, 1.165) is 56.7 Å². The molecule has 1 saturated heterocycles. The van der Waals surface area contributed by atoms with E-state index in [9.17, 15) is 14.3 Å². The van der Waals surface area contributed by atoms with E-state index < -0.39 is 5.60 Å². The predicted molar refractivity (Wildman–Crippen MR) is 143 cm³/mol. The minimum atomic E-state index is -1.16. The van der Waals surface area contributed by atoms with Gasteiger partial charge in [0.2, 0.25) is 5.91 Å². The number of methoxy groups -OCH3 is 1. The molecular formula is C30H49FN2O3. The maximum absolute atomic E-state index is 14.4. The Kier molecular flexibility index (Phi) is 11.7. The number of hydrogen-bond acceptors (Lipinski definition) is 4. The lowest BCUT2D eigenvalue weighted by Crippen LogP contribution is -2.48. The third kappa shape index (κ3) is 8.26. The molecule has 0 radical (unpaired) electrons. The summed E-state index contributed by atoms with van der Waals surface area (Å²) in [6.45, 7) is 4.65. The first-order valence-electron chi connectivity index (χ1n) is 14.3. The third-order valence-corrected chi connectivity index (χ3v) is 8.50. The van der Waals surface area contributed by atoms with E-state index in [1.807, 2.05) is 24.9 Å². The SMILES string of the molecule is CNC[C@@H](CC(=O)N1CCC[C@@H]([C@@](O)(CCCCOC)c2cc(C)cc(F)c2)C1)CC1CCCCC1. The summed E-state index contributed by atoms with van der Waals surface area (Å²) in [6.07, 6.45) is 12.1. The number of hydrogen-bond donors (Lipinski definition) is 2. The number of amides is 1. The highest BCUT2D eigenvalue weighted by molar-refractivity contribution is 5.76. The van der Waals surface area contributed by atoms with Crippen LogP contribution >= 0.6 is 0 Å². The minimum Gasteiger partial charge on any atom is -0.385 e. The standard InChI is InChI=1S/C30H49FN2O3/c1-23-16-27(20-28(31)17-23)30(35,13-7-8-15-36-3)26-12-9-14-33(22-26)29(34)19-25(21-32-2)18-24-10-5-4-6-11-24/h16-17,20,24-26,32,35H,4-15,18-19,21-22H2,1-3H3/t25-,26-,30+/m1/s1. The lowest BCUT2D eigenvalue weighted by atomic mass is 9.73. The molecule has 1 aromatic rings. The molecule has 1 amide bonds. The fraction of sp³-hybridized carbons (Fsp3) is 0.767. The topological polar surface area (TPSA) is 61.8 Å². The Bertz CT molecular complexity index is 793. The van der Waals surface area contributed by atoms with Gasteiger partial charge in [-0.1, -0.05) is 38.2 Å². The van der Waals surface area contributed by atoms with Crippen molar-refractivity contribution in [3.8, 4) is 0 Å². The Hall–Kier alpha value is -1.50. The monoisotopic (exact) mass is 504 g/mol. The fourth-order valence-electron chi connectivity index (χ4n) is 6.60. The number of carbonyl (C=O) groups excluding carboxylic acids is 1. The maximum Gasteiger partial charge on any atom is 0.222 e. The molecule has 0 spiro atoms. The van der Waals surface area contributed by atoms with E-state index in [2.05, 4.69) is 5.32 Å².